The topological polar surface area (TPSA) is 135 Å². The highest BCUT2D eigenvalue weighted by Crippen LogP contribution is 2.37. The van der Waals surface area contributed by atoms with Crippen LogP contribution in [0.25, 0.3) is 0 Å². The molecule has 10 heteroatoms. The number of carbonyl (C=O) groups excluding carboxylic acids is 2. The lowest BCUT2D eigenvalue weighted by Gasteiger charge is -2.46. The number of cyclic esters (lactones) is 1. The van der Waals surface area contributed by atoms with Crippen LogP contribution in [0.15, 0.2) is 36.4 Å². The fourth-order valence-electron chi connectivity index (χ4n) is 5.86. The van der Waals surface area contributed by atoms with Crippen LogP contribution in [0.4, 0.5) is 5.69 Å². The molecular formula is C26H34N6O4. The van der Waals surface area contributed by atoms with Gasteiger partial charge in [0.2, 0.25) is 5.91 Å². The second kappa shape index (κ2) is 10.5. The third-order valence-corrected chi connectivity index (χ3v) is 7.67. The number of rotatable bonds is 4. The average molecular weight is 495 g/mol. The second-order valence-corrected chi connectivity index (χ2v) is 9.63. The van der Waals surface area contributed by atoms with Crippen LogP contribution in [-0.2, 0) is 27.3 Å². The number of esters is 1. The first-order valence-electron chi connectivity index (χ1n) is 12.4. The van der Waals surface area contributed by atoms with Crippen LogP contribution in [0.5, 0.6) is 0 Å². The molecule has 2 fully saturated rings. The van der Waals surface area contributed by atoms with E-state index in [2.05, 4.69) is 39.6 Å². The Kier molecular flexibility index (Phi) is 7.22. The predicted molar refractivity (Wildman–Crippen MR) is 135 cm³/mol. The molecule has 6 rings (SSSR count). The van der Waals surface area contributed by atoms with Gasteiger partial charge in [0.05, 0.1) is 30.2 Å². The van der Waals surface area contributed by atoms with Gasteiger partial charge in [-0.1, -0.05) is 12.1 Å². The summed E-state index contributed by atoms with van der Waals surface area (Å²) >= 11 is 0. The zero-order valence-electron chi connectivity index (χ0n) is 20.5. The van der Waals surface area contributed by atoms with Crippen molar-refractivity contribution in [2.75, 3.05) is 45.3 Å². The van der Waals surface area contributed by atoms with Crippen molar-refractivity contribution in [2.24, 2.45) is 11.7 Å². The third kappa shape index (κ3) is 4.58. The van der Waals surface area contributed by atoms with Gasteiger partial charge in [-0.3, -0.25) is 21.4 Å². The molecule has 2 aromatic carbocycles. The van der Waals surface area contributed by atoms with Gasteiger partial charge in [0.1, 0.15) is 6.61 Å². The Hall–Kier alpha value is -3.02. The molecule has 36 heavy (non-hydrogen) atoms. The minimum absolute atomic E-state index is 0.0263. The summed E-state index contributed by atoms with van der Waals surface area (Å²) in [6.07, 6.45) is 1.79. The van der Waals surface area contributed by atoms with Crippen molar-refractivity contribution in [1.82, 2.24) is 15.2 Å². The number of ether oxygens (including phenoxy) is 2. The Morgan fingerprint density at radius 1 is 1.08 bits per heavy atom. The summed E-state index contributed by atoms with van der Waals surface area (Å²) in [5, 5.41) is 0. The number of nitrogens with zero attached hydrogens (tertiary/aromatic N) is 2. The van der Waals surface area contributed by atoms with E-state index in [1.54, 1.807) is 0 Å². The van der Waals surface area contributed by atoms with E-state index in [0.29, 0.717) is 25.3 Å². The van der Waals surface area contributed by atoms with Crippen molar-refractivity contribution in [3.8, 4) is 0 Å². The molecule has 10 nitrogen and oxygen atoms in total. The molecule has 192 valence electrons. The molecule has 1 amide bonds. The number of hydrogen-bond donors (Lipinski definition) is 4. The zero-order chi connectivity index (χ0) is 25.2. The average Bonchev–Trinajstić information content (AvgIpc) is 3.52. The molecular weight excluding hydrogens is 460 g/mol. The molecule has 1 unspecified atom stereocenters. The fraction of sp³-hybridized carbons (Fsp3) is 0.462. The van der Waals surface area contributed by atoms with Gasteiger partial charge >= 0.3 is 5.97 Å². The van der Waals surface area contributed by atoms with Crippen molar-refractivity contribution in [2.45, 2.75) is 37.5 Å². The zero-order valence-corrected chi connectivity index (χ0v) is 20.5. The maximum Gasteiger partial charge on any atom is 0.338 e. The number of fused-ring (bicyclic) bond motifs is 3. The molecule has 0 radical (unpaired) electrons. The first-order chi connectivity index (χ1) is 17.6. The third-order valence-electron chi connectivity index (χ3n) is 7.67. The minimum Gasteiger partial charge on any atom is -0.457 e. The van der Waals surface area contributed by atoms with Gasteiger partial charge in [-0.25, -0.2) is 10.2 Å². The number of piperazine rings is 1. The van der Waals surface area contributed by atoms with E-state index in [0.717, 1.165) is 49.3 Å². The number of hydrogen-bond acceptors (Lipinski definition) is 9. The van der Waals surface area contributed by atoms with E-state index >= 15 is 0 Å². The van der Waals surface area contributed by atoms with E-state index in [1.807, 2.05) is 36.2 Å². The van der Waals surface area contributed by atoms with Crippen LogP contribution in [0.2, 0.25) is 0 Å². The Morgan fingerprint density at radius 2 is 1.94 bits per heavy atom. The standard InChI is InChI=1S/C26H30N4O4.H4N2/c1-27-28-19-4-7-21-16(11-19)2-6-23(21)25(31)30-9-8-29-13-24(33-15-20(29)12-30)17-3-5-22-18(10-17)14-34-26(22)32;1-2/h3-5,7,10-11,20,23-24,27-28H,2,6,8-9,12-15H2,1H3;1-2H2/t20-,23?,24-;/m0./s1. The number of nitrogens with one attached hydrogen (secondary N) is 2. The largest absolute Gasteiger partial charge is 0.457 e. The van der Waals surface area contributed by atoms with Crippen molar-refractivity contribution in [1.29, 1.82) is 0 Å². The van der Waals surface area contributed by atoms with Crippen molar-refractivity contribution >= 4 is 17.6 Å². The van der Waals surface area contributed by atoms with E-state index in [1.165, 1.54) is 11.1 Å². The SMILES string of the molecule is CNNc1ccc2c(c1)CCC2C(=O)N1CCN2C[C@@H](c3ccc4c(c3)COC4=O)OC[C@@H]2C1.NN. The highest BCUT2D eigenvalue weighted by Gasteiger charge is 2.39. The molecule has 3 atom stereocenters. The summed E-state index contributed by atoms with van der Waals surface area (Å²) < 4.78 is 11.4. The first kappa shape index (κ1) is 24.7. The lowest BCUT2D eigenvalue weighted by Crippen LogP contribution is -2.60. The quantitative estimate of drug-likeness (QED) is 0.279. The molecule has 4 aliphatic rings. The van der Waals surface area contributed by atoms with Crippen LogP contribution in [0.1, 0.15) is 51.1 Å². The summed E-state index contributed by atoms with van der Waals surface area (Å²) in [5.41, 5.74) is 12.2. The minimum atomic E-state index is -0.244. The van der Waals surface area contributed by atoms with Gasteiger partial charge in [0.15, 0.2) is 0 Å². The molecule has 3 heterocycles. The number of aryl methyl sites for hydroxylation is 1. The monoisotopic (exact) mass is 494 g/mol. The normalized spacial score (nSPS) is 24.7. The van der Waals surface area contributed by atoms with Crippen molar-refractivity contribution in [3.63, 3.8) is 0 Å². The summed E-state index contributed by atoms with van der Waals surface area (Å²) in [6.45, 7) is 4.06. The molecule has 2 aromatic rings. The molecule has 6 N–H and O–H groups in total. The lowest BCUT2D eigenvalue weighted by molar-refractivity contribution is -0.141. The summed E-state index contributed by atoms with van der Waals surface area (Å²) in [6, 6.07) is 12.4. The highest BCUT2D eigenvalue weighted by molar-refractivity contribution is 5.93. The fourth-order valence-corrected chi connectivity index (χ4v) is 5.86. The van der Waals surface area contributed by atoms with E-state index < -0.39 is 0 Å². The van der Waals surface area contributed by atoms with Crippen molar-refractivity contribution in [3.05, 3.63) is 64.2 Å². The number of hydrazine groups is 2. The Balaban J connectivity index is 0.00000130. The van der Waals surface area contributed by atoms with E-state index in [9.17, 15) is 9.59 Å². The Bertz CT molecular complexity index is 1140. The molecule has 3 aliphatic heterocycles. The lowest BCUT2D eigenvalue weighted by atomic mass is 9.97. The number of morpholine rings is 1. The maximum absolute atomic E-state index is 13.5. The highest BCUT2D eigenvalue weighted by atomic mass is 16.5. The summed E-state index contributed by atoms with van der Waals surface area (Å²) in [5.74, 6) is 7.96. The predicted octanol–water partition coefficient (Wildman–Crippen LogP) is 1.04. The second-order valence-electron chi connectivity index (χ2n) is 9.63. The molecule has 1 aliphatic carbocycles. The Labute approximate surface area is 210 Å². The van der Waals surface area contributed by atoms with Gasteiger partial charge in [0.25, 0.3) is 0 Å². The van der Waals surface area contributed by atoms with Crippen molar-refractivity contribution < 1.29 is 19.1 Å². The van der Waals surface area contributed by atoms with Gasteiger partial charge in [-0.15, -0.1) is 0 Å². The number of benzene rings is 2. The smallest absolute Gasteiger partial charge is 0.338 e. The Morgan fingerprint density at radius 3 is 2.78 bits per heavy atom. The molecule has 0 bridgehead atoms. The van der Waals surface area contributed by atoms with Crippen LogP contribution in [0, 0.1) is 0 Å². The van der Waals surface area contributed by atoms with Crippen LogP contribution in [0.3, 0.4) is 0 Å². The van der Waals surface area contributed by atoms with Gasteiger partial charge in [-0.2, -0.15) is 0 Å². The summed E-state index contributed by atoms with van der Waals surface area (Å²) in [7, 11) is 1.85. The van der Waals surface area contributed by atoms with Gasteiger partial charge in [0, 0.05) is 44.5 Å². The van der Waals surface area contributed by atoms with E-state index in [4.69, 9.17) is 9.47 Å². The van der Waals surface area contributed by atoms with Gasteiger partial charge < -0.3 is 19.8 Å². The molecule has 0 aromatic heterocycles. The van der Waals surface area contributed by atoms with Crippen LogP contribution < -0.4 is 22.5 Å². The number of amides is 1. The summed E-state index contributed by atoms with van der Waals surface area (Å²) in [4.78, 5) is 29.7. The van der Waals surface area contributed by atoms with Crippen LogP contribution >= 0.6 is 0 Å². The number of carbonyl (C=O) groups is 2. The van der Waals surface area contributed by atoms with Gasteiger partial charge in [-0.05, 0) is 53.8 Å². The maximum atomic E-state index is 13.5. The molecule has 0 saturated carbocycles. The molecule has 2 saturated heterocycles. The number of anilines is 1. The molecule has 0 spiro atoms. The first-order valence-corrected chi connectivity index (χ1v) is 12.4. The number of nitrogens with two attached hydrogens (primary N) is 2. The van der Waals surface area contributed by atoms with E-state index in [-0.39, 0.29) is 29.9 Å². The van der Waals surface area contributed by atoms with Crippen LogP contribution in [-0.4, -0.2) is 67.6 Å².